The highest BCUT2D eigenvalue weighted by Crippen LogP contribution is 1.97. The lowest BCUT2D eigenvalue weighted by molar-refractivity contribution is 1.01. The van der Waals surface area contributed by atoms with Crippen LogP contribution in [0, 0.1) is 6.08 Å². The third-order valence-electron chi connectivity index (χ3n) is 1.68. The van der Waals surface area contributed by atoms with Crippen molar-refractivity contribution in [2.75, 3.05) is 0 Å². The Labute approximate surface area is 75.0 Å². The molecule has 0 saturated carbocycles. The molecule has 0 heteroatoms. The minimum atomic E-state index is 1.01. The zero-order chi connectivity index (χ0) is 8.49. The second-order valence-electron chi connectivity index (χ2n) is 2.75. The molecule has 12 heavy (non-hydrogen) atoms. The van der Waals surface area contributed by atoms with Crippen LogP contribution in [0.1, 0.15) is 25.7 Å². The van der Waals surface area contributed by atoms with Gasteiger partial charge in [0.05, 0.1) is 0 Å². The Morgan fingerprint density at radius 2 is 1.67 bits per heavy atom. The zero-order valence-electron chi connectivity index (χ0n) is 7.37. The van der Waals surface area contributed by atoms with Crippen LogP contribution in [-0.2, 0) is 0 Å². The summed E-state index contributed by atoms with van der Waals surface area (Å²) in [6.45, 7) is 0. The average Bonchev–Trinajstić information content (AvgIpc) is 2.05. The molecule has 1 aliphatic carbocycles. The van der Waals surface area contributed by atoms with Gasteiger partial charge in [-0.2, -0.15) is 0 Å². The standard InChI is InChI=1S/C12H15/c1-2-4-6-8-10-12-11-9-7-5-3-1/h1-4,7-9H,5-6,11-12H2/b3-1-,4-2+,9-7-,10-8?. The highest BCUT2D eigenvalue weighted by molar-refractivity contribution is 5.06. The maximum Gasteiger partial charge on any atom is -0.0160 e. The van der Waals surface area contributed by atoms with E-state index in [9.17, 15) is 0 Å². The van der Waals surface area contributed by atoms with E-state index in [0.29, 0.717) is 0 Å². The predicted octanol–water partition coefficient (Wildman–Crippen LogP) is 3.59. The number of allylic oxidation sites excluding steroid dienone is 8. The Hall–Kier alpha value is -1.04. The molecule has 0 saturated heterocycles. The summed E-state index contributed by atoms with van der Waals surface area (Å²) < 4.78 is 0. The van der Waals surface area contributed by atoms with Crippen molar-refractivity contribution in [3.63, 3.8) is 0 Å². The van der Waals surface area contributed by atoms with Gasteiger partial charge in [0.1, 0.15) is 0 Å². The molecule has 0 amide bonds. The lowest BCUT2D eigenvalue weighted by atomic mass is 10.2. The van der Waals surface area contributed by atoms with Crippen LogP contribution < -0.4 is 0 Å². The zero-order valence-corrected chi connectivity index (χ0v) is 7.37. The van der Waals surface area contributed by atoms with Crippen molar-refractivity contribution in [1.82, 2.24) is 0 Å². The summed E-state index contributed by atoms with van der Waals surface area (Å²) in [4.78, 5) is 0. The van der Waals surface area contributed by atoms with E-state index in [4.69, 9.17) is 0 Å². The fraction of sp³-hybridized carbons (Fsp3) is 0.333. The minimum absolute atomic E-state index is 1.01. The number of hydrogen-bond donors (Lipinski definition) is 0. The Balaban J connectivity index is 2.41. The molecule has 0 aliphatic heterocycles. The van der Waals surface area contributed by atoms with Gasteiger partial charge in [-0.25, -0.2) is 0 Å². The van der Waals surface area contributed by atoms with Gasteiger partial charge in [0.25, 0.3) is 0 Å². The van der Waals surface area contributed by atoms with E-state index in [1.807, 2.05) is 0 Å². The number of rotatable bonds is 0. The summed E-state index contributed by atoms with van der Waals surface area (Å²) in [6.07, 6.45) is 22.5. The summed E-state index contributed by atoms with van der Waals surface area (Å²) in [5.74, 6) is 0. The molecular formula is C12H15. The molecule has 0 bridgehead atoms. The van der Waals surface area contributed by atoms with E-state index >= 15 is 0 Å². The van der Waals surface area contributed by atoms with Crippen LogP contribution in [0.3, 0.4) is 0 Å². The molecule has 0 fully saturated rings. The second-order valence-corrected chi connectivity index (χ2v) is 2.75. The Bertz CT molecular complexity index is 180. The highest BCUT2D eigenvalue weighted by Gasteiger charge is 1.78. The molecule has 63 valence electrons. The van der Waals surface area contributed by atoms with E-state index in [0.717, 1.165) is 25.7 Å². The molecule has 1 aliphatic rings. The molecule has 0 atom stereocenters. The lowest BCUT2D eigenvalue weighted by Gasteiger charge is -1.87. The van der Waals surface area contributed by atoms with Gasteiger partial charge in [-0.15, -0.1) is 0 Å². The predicted molar refractivity (Wildman–Crippen MR) is 53.7 cm³/mol. The number of hydrogen-bond acceptors (Lipinski definition) is 0. The van der Waals surface area contributed by atoms with Crippen LogP contribution >= 0.6 is 0 Å². The van der Waals surface area contributed by atoms with Crippen molar-refractivity contribution in [2.45, 2.75) is 25.7 Å². The maximum atomic E-state index is 3.25. The third kappa shape index (κ3) is 4.73. The van der Waals surface area contributed by atoms with Crippen molar-refractivity contribution < 1.29 is 0 Å². The van der Waals surface area contributed by atoms with Gasteiger partial charge in [0.15, 0.2) is 0 Å². The van der Waals surface area contributed by atoms with Gasteiger partial charge in [0.2, 0.25) is 0 Å². The van der Waals surface area contributed by atoms with Crippen LogP contribution in [0.4, 0.5) is 0 Å². The van der Waals surface area contributed by atoms with Crippen molar-refractivity contribution in [1.29, 1.82) is 0 Å². The Morgan fingerprint density at radius 1 is 0.833 bits per heavy atom. The van der Waals surface area contributed by atoms with E-state index in [1.165, 1.54) is 0 Å². The molecule has 0 N–H and O–H groups in total. The fourth-order valence-electron chi connectivity index (χ4n) is 1.03. The summed E-state index contributed by atoms with van der Waals surface area (Å²) >= 11 is 0. The van der Waals surface area contributed by atoms with Gasteiger partial charge >= 0.3 is 0 Å². The van der Waals surface area contributed by atoms with Crippen LogP contribution in [0.25, 0.3) is 0 Å². The molecule has 1 rings (SSSR count). The molecule has 0 heterocycles. The summed E-state index contributed by atoms with van der Waals surface area (Å²) in [5.41, 5.74) is 0. The normalized spacial score (nSPS) is 29.3. The molecule has 0 aromatic carbocycles. The molecule has 0 aromatic rings. The third-order valence-corrected chi connectivity index (χ3v) is 1.68. The molecule has 0 spiro atoms. The monoisotopic (exact) mass is 159 g/mol. The van der Waals surface area contributed by atoms with Crippen molar-refractivity contribution in [3.8, 4) is 0 Å². The SMILES string of the molecule is [C]1=C\C/C=C/C=C\C/C=C\CC/1. The van der Waals surface area contributed by atoms with Crippen LogP contribution in [0.5, 0.6) is 0 Å². The first-order valence-corrected chi connectivity index (χ1v) is 4.52. The van der Waals surface area contributed by atoms with Crippen molar-refractivity contribution in [2.24, 2.45) is 0 Å². The largest absolute Gasteiger partial charge is 0.0879 e. The van der Waals surface area contributed by atoms with E-state index in [-0.39, 0.29) is 0 Å². The fourth-order valence-corrected chi connectivity index (χ4v) is 1.03. The van der Waals surface area contributed by atoms with E-state index in [1.54, 1.807) is 0 Å². The summed E-state index contributed by atoms with van der Waals surface area (Å²) in [6, 6.07) is 0. The quantitative estimate of drug-likeness (QED) is 0.474. The summed E-state index contributed by atoms with van der Waals surface area (Å²) in [5, 5.41) is 0. The van der Waals surface area contributed by atoms with Crippen LogP contribution in [0.2, 0.25) is 0 Å². The average molecular weight is 159 g/mol. The van der Waals surface area contributed by atoms with Crippen molar-refractivity contribution >= 4 is 0 Å². The molecule has 0 aromatic heterocycles. The molecule has 0 nitrogen and oxygen atoms in total. The topological polar surface area (TPSA) is 0 Å². The Morgan fingerprint density at radius 3 is 2.58 bits per heavy atom. The minimum Gasteiger partial charge on any atom is -0.0879 e. The maximum absolute atomic E-state index is 3.25. The van der Waals surface area contributed by atoms with Crippen LogP contribution in [-0.4, -0.2) is 0 Å². The highest BCUT2D eigenvalue weighted by atomic mass is 13.8. The lowest BCUT2D eigenvalue weighted by Crippen LogP contribution is -1.68. The summed E-state index contributed by atoms with van der Waals surface area (Å²) in [7, 11) is 0. The van der Waals surface area contributed by atoms with Gasteiger partial charge in [-0.3, -0.25) is 0 Å². The molecule has 0 unspecified atom stereocenters. The van der Waals surface area contributed by atoms with Crippen LogP contribution in [0.15, 0.2) is 42.5 Å². The second kappa shape index (κ2) is 6.66. The van der Waals surface area contributed by atoms with Gasteiger partial charge in [-0.05, 0) is 31.8 Å². The first-order valence-electron chi connectivity index (χ1n) is 4.52. The van der Waals surface area contributed by atoms with E-state index in [2.05, 4.69) is 48.6 Å². The first-order chi connectivity index (χ1) is 6.00. The first kappa shape index (κ1) is 9.05. The molecule has 1 radical (unpaired) electrons. The van der Waals surface area contributed by atoms with E-state index < -0.39 is 0 Å². The molecular weight excluding hydrogens is 144 g/mol. The Kier molecular flexibility index (Phi) is 5.02. The smallest absolute Gasteiger partial charge is 0.0160 e. The van der Waals surface area contributed by atoms with Gasteiger partial charge in [-0.1, -0.05) is 42.5 Å². The van der Waals surface area contributed by atoms with Crippen molar-refractivity contribution in [3.05, 3.63) is 48.6 Å². The van der Waals surface area contributed by atoms with Gasteiger partial charge < -0.3 is 0 Å². The van der Waals surface area contributed by atoms with Gasteiger partial charge in [0, 0.05) is 0 Å².